The number of benzene rings is 1. The third kappa shape index (κ3) is 8.44. The standard InChI is InChI=1S/C17H28BrNO2/c1-14(2)13-19-9-5-4-6-15-7-8-17(16(18)12-15)21-11-10-20-3/h7-8,12,14,19H,4-6,9-11,13H2,1-3H3. The average Bonchev–Trinajstić information content (AvgIpc) is 2.45. The summed E-state index contributed by atoms with van der Waals surface area (Å²) in [5.74, 6) is 1.61. The first kappa shape index (κ1) is 18.5. The van der Waals surface area contributed by atoms with E-state index in [4.69, 9.17) is 9.47 Å². The number of nitrogens with one attached hydrogen (secondary N) is 1. The minimum absolute atomic E-state index is 0.579. The SMILES string of the molecule is COCCOc1ccc(CCCCNCC(C)C)cc1Br. The number of rotatable bonds is 11. The van der Waals surface area contributed by atoms with Crippen LogP contribution in [0.4, 0.5) is 0 Å². The monoisotopic (exact) mass is 357 g/mol. The van der Waals surface area contributed by atoms with Crippen molar-refractivity contribution >= 4 is 15.9 Å². The lowest BCUT2D eigenvalue weighted by Gasteiger charge is -2.10. The van der Waals surface area contributed by atoms with Gasteiger partial charge in [0, 0.05) is 7.11 Å². The Morgan fingerprint density at radius 2 is 2.00 bits per heavy atom. The molecule has 0 aliphatic heterocycles. The molecule has 0 atom stereocenters. The van der Waals surface area contributed by atoms with E-state index in [1.807, 2.05) is 6.07 Å². The van der Waals surface area contributed by atoms with E-state index in [-0.39, 0.29) is 0 Å². The van der Waals surface area contributed by atoms with Gasteiger partial charge in [-0.15, -0.1) is 0 Å². The van der Waals surface area contributed by atoms with Gasteiger partial charge in [-0.2, -0.15) is 0 Å². The van der Waals surface area contributed by atoms with Gasteiger partial charge in [-0.3, -0.25) is 0 Å². The van der Waals surface area contributed by atoms with Crippen molar-refractivity contribution in [1.82, 2.24) is 5.32 Å². The van der Waals surface area contributed by atoms with Crippen LogP contribution in [0.3, 0.4) is 0 Å². The molecule has 1 aromatic carbocycles. The van der Waals surface area contributed by atoms with E-state index < -0.39 is 0 Å². The Balaban J connectivity index is 2.25. The van der Waals surface area contributed by atoms with Crippen molar-refractivity contribution in [1.29, 1.82) is 0 Å². The molecular weight excluding hydrogens is 330 g/mol. The minimum atomic E-state index is 0.579. The van der Waals surface area contributed by atoms with Gasteiger partial charge in [0.1, 0.15) is 12.4 Å². The van der Waals surface area contributed by atoms with E-state index in [0.29, 0.717) is 13.2 Å². The fourth-order valence-electron chi connectivity index (χ4n) is 2.02. The second-order valence-electron chi connectivity index (χ2n) is 5.66. The summed E-state index contributed by atoms with van der Waals surface area (Å²) in [6.45, 7) is 7.88. The largest absolute Gasteiger partial charge is 0.490 e. The first-order chi connectivity index (χ1) is 10.1. The number of halogens is 1. The Hall–Kier alpha value is -0.580. The van der Waals surface area contributed by atoms with Crippen LogP contribution in [0.2, 0.25) is 0 Å². The summed E-state index contributed by atoms with van der Waals surface area (Å²) < 4.78 is 11.6. The van der Waals surface area contributed by atoms with E-state index >= 15 is 0 Å². The van der Waals surface area contributed by atoms with E-state index in [1.54, 1.807) is 7.11 Å². The maximum Gasteiger partial charge on any atom is 0.133 e. The summed E-state index contributed by atoms with van der Waals surface area (Å²) in [5, 5.41) is 3.48. The van der Waals surface area contributed by atoms with Gasteiger partial charge < -0.3 is 14.8 Å². The highest BCUT2D eigenvalue weighted by Gasteiger charge is 2.03. The molecule has 0 fully saturated rings. The van der Waals surface area contributed by atoms with Crippen molar-refractivity contribution in [3.05, 3.63) is 28.2 Å². The summed E-state index contributed by atoms with van der Waals surface area (Å²) in [4.78, 5) is 0. The molecule has 0 radical (unpaired) electrons. The molecule has 1 N–H and O–H groups in total. The van der Waals surface area contributed by atoms with Crippen LogP contribution < -0.4 is 10.1 Å². The van der Waals surface area contributed by atoms with Crippen LogP contribution in [0.5, 0.6) is 5.75 Å². The fourth-order valence-corrected chi connectivity index (χ4v) is 2.56. The number of ether oxygens (including phenoxy) is 2. The van der Waals surface area contributed by atoms with Gasteiger partial charge >= 0.3 is 0 Å². The molecule has 0 aliphatic carbocycles. The molecule has 1 rings (SSSR count). The molecule has 3 nitrogen and oxygen atoms in total. The molecule has 0 aromatic heterocycles. The van der Waals surface area contributed by atoms with Crippen LogP contribution in [0, 0.1) is 5.92 Å². The molecule has 4 heteroatoms. The molecule has 21 heavy (non-hydrogen) atoms. The Kier molecular flexibility index (Phi) is 9.72. The third-order valence-electron chi connectivity index (χ3n) is 3.16. The molecule has 0 aliphatic rings. The zero-order chi connectivity index (χ0) is 15.5. The lowest BCUT2D eigenvalue weighted by Crippen LogP contribution is -2.20. The number of methoxy groups -OCH3 is 1. The van der Waals surface area contributed by atoms with E-state index in [2.05, 4.69) is 47.2 Å². The van der Waals surface area contributed by atoms with E-state index in [1.165, 1.54) is 18.4 Å². The molecular formula is C17H28BrNO2. The average molecular weight is 358 g/mol. The highest BCUT2D eigenvalue weighted by atomic mass is 79.9. The minimum Gasteiger partial charge on any atom is -0.490 e. The van der Waals surface area contributed by atoms with Crippen molar-refractivity contribution in [3.63, 3.8) is 0 Å². The molecule has 0 heterocycles. The normalized spacial score (nSPS) is 11.1. The summed E-state index contributed by atoms with van der Waals surface area (Å²) in [6.07, 6.45) is 3.54. The zero-order valence-electron chi connectivity index (χ0n) is 13.5. The van der Waals surface area contributed by atoms with Crippen LogP contribution in [-0.2, 0) is 11.2 Å². The van der Waals surface area contributed by atoms with Gasteiger partial charge in [0.25, 0.3) is 0 Å². The smallest absolute Gasteiger partial charge is 0.133 e. The van der Waals surface area contributed by atoms with Gasteiger partial charge in [-0.1, -0.05) is 19.9 Å². The van der Waals surface area contributed by atoms with Gasteiger partial charge in [0.15, 0.2) is 0 Å². The van der Waals surface area contributed by atoms with Crippen LogP contribution in [-0.4, -0.2) is 33.4 Å². The van der Waals surface area contributed by atoms with Crippen LogP contribution >= 0.6 is 15.9 Å². The summed E-state index contributed by atoms with van der Waals surface area (Å²) >= 11 is 3.57. The Labute approximate surface area is 137 Å². The number of unbranched alkanes of at least 4 members (excludes halogenated alkanes) is 1. The van der Waals surface area contributed by atoms with E-state index in [0.717, 1.165) is 35.7 Å². The number of hydrogen-bond donors (Lipinski definition) is 1. The lowest BCUT2D eigenvalue weighted by molar-refractivity contribution is 0.146. The van der Waals surface area contributed by atoms with Crippen molar-refractivity contribution in [2.75, 3.05) is 33.4 Å². The van der Waals surface area contributed by atoms with E-state index in [9.17, 15) is 0 Å². The van der Waals surface area contributed by atoms with Gasteiger partial charge in [0.2, 0.25) is 0 Å². The van der Waals surface area contributed by atoms with Gasteiger partial charge in [-0.05, 0) is 71.9 Å². The maximum atomic E-state index is 5.63. The summed E-state index contributed by atoms with van der Waals surface area (Å²) in [7, 11) is 1.68. The van der Waals surface area contributed by atoms with Crippen molar-refractivity contribution < 1.29 is 9.47 Å². The second-order valence-corrected chi connectivity index (χ2v) is 6.52. The van der Waals surface area contributed by atoms with Gasteiger partial charge in [0.05, 0.1) is 11.1 Å². The first-order valence-electron chi connectivity index (χ1n) is 7.74. The Morgan fingerprint density at radius 1 is 1.19 bits per heavy atom. The molecule has 0 amide bonds. The van der Waals surface area contributed by atoms with Gasteiger partial charge in [-0.25, -0.2) is 0 Å². The summed E-state index contributed by atoms with van der Waals surface area (Å²) in [5.41, 5.74) is 1.35. The Bertz CT molecular complexity index is 396. The van der Waals surface area contributed by atoms with Crippen molar-refractivity contribution in [2.45, 2.75) is 33.1 Å². The number of aryl methyl sites for hydroxylation is 1. The molecule has 0 saturated heterocycles. The molecule has 0 unspecified atom stereocenters. The molecule has 0 saturated carbocycles. The van der Waals surface area contributed by atoms with Crippen molar-refractivity contribution in [2.24, 2.45) is 5.92 Å². The van der Waals surface area contributed by atoms with Crippen LogP contribution in [0.1, 0.15) is 32.3 Å². The predicted molar refractivity (Wildman–Crippen MR) is 92.2 cm³/mol. The molecule has 120 valence electrons. The topological polar surface area (TPSA) is 30.5 Å². The summed E-state index contributed by atoms with van der Waals surface area (Å²) in [6, 6.07) is 6.34. The third-order valence-corrected chi connectivity index (χ3v) is 3.78. The second kappa shape index (κ2) is 11.0. The first-order valence-corrected chi connectivity index (χ1v) is 8.53. The fraction of sp³-hybridized carbons (Fsp3) is 0.647. The maximum absolute atomic E-state index is 5.63. The Morgan fingerprint density at radius 3 is 2.67 bits per heavy atom. The zero-order valence-corrected chi connectivity index (χ0v) is 15.0. The van der Waals surface area contributed by atoms with Crippen LogP contribution in [0.15, 0.2) is 22.7 Å². The number of hydrogen-bond acceptors (Lipinski definition) is 3. The predicted octanol–water partition coefficient (Wildman–Crippen LogP) is 4.04. The van der Waals surface area contributed by atoms with Crippen molar-refractivity contribution in [3.8, 4) is 5.75 Å². The lowest BCUT2D eigenvalue weighted by atomic mass is 10.1. The molecule has 0 spiro atoms. The van der Waals surface area contributed by atoms with Crippen LogP contribution in [0.25, 0.3) is 0 Å². The highest BCUT2D eigenvalue weighted by molar-refractivity contribution is 9.10. The molecule has 0 bridgehead atoms. The molecule has 1 aromatic rings. The quantitative estimate of drug-likeness (QED) is 0.606. The highest BCUT2D eigenvalue weighted by Crippen LogP contribution is 2.26.